The van der Waals surface area contributed by atoms with Crippen molar-refractivity contribution in [2.45, 2.75) is 20.8 Å². The van der Waals surface area contributed by atoms with Gasteiger partial charge >= 0.3 is 17.5 Å². The number of nitrogens with zero attached hydrogens (tertiary/aromatic N) is 3. The van der Waals surface area contributed by atoms with Gasteiger partial charge < -0.3 is 14.8 Å². The fourth-order valence-corrected chi connectivity index (χ4v) is 2.76. The molecule has 0 bridgehead atoms. The molecule has 0 fully saturated rings. The molecule has 9 nitrogen and oxygen atoms in total. The molecule has 166 valence electrons. The number of benzene rings is 2. The first-order valence-corrected chi connectivity index (χ1v) is 10.1. The lowest BCUT2D eigenvalue weighted by atomic mass is 10.2. The van der Waals surface area contributed by atoms with Crippen molar-refractivity contribution in [3.05, 3.63) is 75.1 Å². The van der Waals surface area contributed by atoms with E-state index in [4.69, 9.17) is 21.1 Å². The van der Waals surface area contributed by atoms with Crippen LogP contribution in [0.5, 0.6) is 11.6 Å². The summed E-state index contributed by atoms with van der Waals surface area (Å²) in [5.41, 5.74) is 1.18. The largest absolute Gasteiger partial charge is 0.462 e. The van der Waals surface area contributed by atoms with Gasteiger partial charge in [-0.05, 0) is 60.9 Å². The van der Waals surface area contributed by atoms with E-state index in [9.17, 15) is 14.9 Å². The van der Waals surface area contributed by atoms with E-state index in [0.717, 1.165) is 11.9 Å². The minimum atomic E-state index is -0.627. The number of anilines is 2. The zero-order valence-electron chi connectivity index (χ0n) is 17.7. The number of nitrogens with one attached hydrogen (secondary N) is 1. The molecule has 3 rings (SSSR count). The number of esters is 1. The standard InChI is InChI=1S/C22H21ClN4O5/c1-13(2)11-31-22(28)15-4-6-16(7-5-15)26-20-19(27(29)30)21(25-12-24-20)32-17-8-9-18(23)14(3)10-17/h4-10,12-13H,11H2,1-3H3,(H,24,25,26). The molecule has 0 radical (unpaired) electrons. The number of aryl methyl sites for hydroxylation is 1. The summed E-state index contributed by atoms with van der Waals surface area (Å²) in [5, 5.41) is 15.2. The van der Waals surface area contributed by atoms with E-state index in [1.54, 1.807) is 49.4 Å². The van der Waals surface area contributed by atoms with Crippen LogP contribution in [0.25, 0.3) is 0 Å². The Morgan fingerprint density at radius 3 is 2.53 bits per heavy atom. The van der Waals surface area contributed by atoms with E-state index in [1.165, 1.54) is 0 Å². The van der Waals surface area contributed by atoms with Crippen molar-refractivity contribution in [1.82, 2.24) is 9.97 Å². The molecule has 0 aliphatic carbocycles. The number of halogens is 1. The first-order chi connectivity index (χ1) is 15.2. The van der Waals surface area contributed by atoms with Crippen LogP contribution in [0.2, 0.25) is 5.02 Å². The number of ether oxygens (including phenoxy) is 2. The number of rotatable bonds is 8. The van der Waals surface area contributed by atoms with Crippen LogP contribution in [0.3, 0.4) is 0 Å². The van der Waals surface area contributed by atoms with Crippen LogP contribution in [0, 0.1) is 23.0 Å². The minimum absolute atomic E-state index is 0.0548. The third-order valence-corrected chi connectivity index (χ3v) is 4.67. The zero-order valence-corrected chi connectivity index (χ0v) is 18.4. The van der Waals surface area contributed by atoms with Gasteiger partial charge in [0.25, 0.3) is 0 Å². The summed E-state index contributed by atoms with van der Waals surface area (Å²) >= 11 is 6.01. The van der Waals surface area contributed by atoms with E-state index < -0.39 is 16.6 Å². The predicted molar refractivity (Wildman–Crippen MR) is 120 cm³/mol. The van der Waals surface area contributed by atoms with Gasteiger partial charge in [0, 0.05) is 10.7 Å². The summed E-state index contributed by atoms with van der Waals surface area (Å²) in [6.45, 7) is 6.00. The van der Waals surface area contributed by atoms with Crippen LogP contribution < -0.4 is 10.1 Å². The third kappa shape index (κ3) is 5.70. The summed E-state index contributed by atoms with van der Waals surface area (Å²) in [7, 11) is 0. The average Bonchev–Trinajstić information content (AvgIpc) is 2.75. The van der Waals surface area contributed by atoms with Crippen LogP contribution >= 0.6 is 11.6 Å². The lowest BCUT2D eigenvalue weighted by Gasteiger charge is -2.11. The van der Waals surface area contributed by atoms with Gasteiger partial charge in [0.2, 0.25) is 5.82 Å². The number of hydrogen-bond acceptors (Lipinski definition) is 8. The fourth-order valence-electron chi connectivity index (χ4n) is 2.64. The van der Waals surface area contributed by atoms with E-state index in [0.29, 0.717) is 28.6 Å². The van der Waals surface area contributed by atoms with Crippen LogP contribution in [-0.2, 0) is 4.74 Å². The topological polar surface area (TPSA) is 116 Å². The van der Waals surface area contributed by atoms with Gasteiger partial charge in [-0.1, -0.05) is 25.4 Å². The lowest BCUT2D eigenvalue weighted by Crippen LogP contribution is -2.10. The quantitative estimate of drug-likeness (QED) is 0.261. The van der Waals surface area contributed by atoms with Crippen molar-refractivity contribution in [1.29, 1.82) is 0 Å². The van der Waals surface area contributed by atoms with Crippen LogP contribution in [0.4, 0.5) is 17.2 Å². The highest BCUT2D eigenvalue weighted by Crippen LogP contribution is 2.36. The molecule has 0 saturated carbocycles. The Bertz CT molecular complexity index is 1140. The van der Waals surface area contributed by atoms with E-state index >= 15 is 0 Å². The Morgan fingerprint density at radius 1 is 1.19 bits per heavy atom. The van der Waals surface area contributed by atoms with Gasteiger partial charge in [0.05, 0.1) is 17.1 Å². The van der Waals surface area contributed by atoms with Crippen molar-refractivity contribution < 1.29 is 19.2 Å². The van der Waals surface area contributed by atoms with Crippen LogP contribution in [-0.4, -0.2) is 27.5 Å². The summed E-state index contributed by atoms with van der Waals surface area (Å²) in [5.74, 6) is -0.133. The van der Waals surface area contributed by atoms with Crippen molar-refractivity contribution in [3.63, 3.8) is 0 Å². The van der Waals surface area contributed by atoms with Crippen LogP contribution in [0.1, 0.15) is 29.8 Å². The van der Waals surface area contributed by atoms with E-state index in [1.807, 2.05) is 13.8 Å². The summed E-state index contributed by atoms with van der Waals surface area (Å²) < 4.78 is 10.8. The monoisotopic (exact) mass is 456 g/mol. The second-order valence-electron chi connectivity index (χ2n) is 7.34. The molecule has 2 aromatic carbocycles. The molecule has 1 N–H and O–H groups in total. The highest BCUT2D eigenvalue weighted by molar-refractivity contribution is 6.31. The van der Waals surface area contributed by atoms with Crippen molar-refractivity contribution >= 4 is 34.8 Å². The van der Waals surface area contributed by atoms with Crippen molar-refractivity contribution in [3.8, 4) is 11.6 Å². The summed E-state index contributed by atoms with van der Waals surface area (Å²) in [6.07, 6.45) is 1.16. The Kier molecular flexibility index (Phi) is 7.21. The molecule has 3 aromatic rings. The second-order valence-corrected chi connectivity index (χ2v) is 7.75. The molecule has 1 aromatic heterocycles. The molecule has 0 saturated heterocycles. The Hall–Kier alpha value is -3.72. The van der Waals surface area contributed by atoms with Gasteiger partial charge in [-0.3, -0.25) is 10.1 Å². The van der Waals surface area contributed by atoms with E-state index in [-0.39, 0.29) is 17.6 Å². The highest BCUT2D eigenvalue weighted by Gasteiger charge is 2.25. The SMILES string of the molecule is Cc1cc(Oc2ncnc(Nc3ccc(C(=O)OCC(C)C)cc3)c2[N+](=O)[O-])ccc1Cl. The number of carbonyl (C=O) groups is 1. The molecule has 0 spiro atoms. The zero-order chi connectivity index (χ0) is 23.3. The maximum atomic E-state index is 12.0. The Balaban J connectivity index is 1.82. The van der Waals surface area contributed by atoms with Gasteiger partial charge in [-0.25, -0.2) is 9.78 Å². The molecule has 0 amide bonds. The van der Waals surface area contributed by atoms with Crippen molar-refractivity contribution in [2.24, 2.45) is 5.92 Å². The molecular formula is C22H21ClN4O5. The van der Waals surface area contributed by atoms with Gasteiger partial charge in [0.15, 0.2) is 0 Å². The Labute approximate surface area is 189 Å². The normalized spacial score (nSPS) is 10.7. The third-order valence-electron chi connectivity index (χ3n) is 4.25. The second kappa shape index (κ2) is 10.1. The van der Waals surface area contributed by atoms with Crippen molar-refractivity contribution in [2.75, 3.05) is 11.9 Å². The first-order valence-electron chi connectivity index (χ1n) is 9.72. The van der Waals surface area contributed by atoms with Crippen LogP contribution in [0.15, 0.2) is 48.8 Å². The van der Waals surface area contributed by atoms with E-state index in [2.05, 4.69) is 15.3 Å². The first kappa shape index (κ1) is 23.0. The molecule has 0 unspecified atom stereocenters. The van der Waals surface area contributed by atoms with Gasteiger partial charge in [-0.2, -0.15) is 4.98 Å². The molecule has 0 atom stereocenters. The average molecular weight is 457 g/mol. The number of hydrogen-bond donors (Lipinski definition) is 1. The number of aromatic nitrogens is 2. The molecule has 10 heteroatoms. The summed E-state index contributed by atoms with van der Waals surface area (Å²) in [6, 6.07) is 11.2. The lowest BCUT2D eigenvalue weighted by molar-refractivity contribution is -0.385. The number of nitro groups is 1. The van der Waals surface area contributed by atoms with Gasteiger partial charge in [0.1, 0.15) is 12.1 Å². The maximum Gasteiger partial charge on any atom is 0.373 e. The fraction of sp³-hybridized carbons (Fsp3) is 0.227. The molecule has 32 heavy (non-hydrogen) atoms. The maximum absolute atomic E-state index is 12.0. The molecule has 0 aliphatic rings. The Morgan fingerprint density at radius 2 is 1.91 bits per heavy atom. The molecule has 1 heterocycles. The smallest absolute Gasteiger partial charge is 0.373 e. The summed E-state index contributed by atoms with van der Waals surface area (Å²) in [4.78, 5) is 31.1. The highest BCUT2D eigenvalue weighted by atomic mass is 35.5. The van der Waals surface area contributed by atoms with Gasteiger partial charge in [-0.15, -0.1) is 0 Å². The molecular weight excluding hydrogens is 436 g/mol. The predicted octanol–water partition coefficient (Wildman–Crippen LogP) is 5.70. The minimum Gasteiger partial charge on any atom is -0.462 e. The molecule has 0 aliphatic heterocycles. The number of carbonyl (C=O) groups excluding carboxylic acids is 1.